The van der Waals surface area contributed by atoms with E-state index in [9.17, 15) is 26.4 Å². The Morgan fingerprint density at radius 3 is 2.10 bits per heavy atom. The molecule has 2 aliphatic rings. The molecule has 1 amide bonds. The van der Waals surface area contributed by atoms with Crippen LogP contribution in [0.5, 0.6) is 5.75 Å². The Labute approximate surface area is 385 Å². The molecule has 8 rings (SSSR count). The predicted molar refractivity (Wildman–Crippen MR) is 237 cm³/mol. The van der Waals surface area contributed by atoms with Gasteiger partial charge in [-0.05, 0) is 73.4 Å². The highest BCUT2D eigenvalue weighted by atomic mass is 32.2. The van der Waals surface area contributed by atoms with Crippen LogP contribution in [0.25, 0.3) is 11.4 Å². The first-order chi connectivity index (χ1) is 31.8. The number of aromatic nitrogens is 7. The molecule has 0 bridgehead atoms. The third-order valence-corrected chi connectivity index (χ3v) is 14.5. The Bertz CT molecular complexity index is 2910. The number of carbonyl (C=O) groups is 1. The SMILES string of the molecule is COc1ccc(Cn2nnc(-c3c(N4CCn5nc(C(F)(F)F)nc5C4)ccc(S(=O)(=O)N[C@@H]4CCN(C(=O)OC(C)(C)C)C4)c3S(=O)(=O)N(Cc3ccccc3)Cc3ccccc3)n2)cc1. The molecule has 23 heteroatoms. The van der Waals surface area contributed by atoms with Crippen molar-refractivity contribution in [2.75, 3.05) is 31.6 Å². The highest BCUT2D eigenvalue weighted by Gasteiger charge is 2.42. The smallest absolute Gasteiger partial charge is 0.453 e. The van der Waals surface area contributed by atoms with Crippen LogP contribution in [0.2, 0.25) is 0 Å². The lowest BCUT2D eigenvalue weighted by molar-refractivity contribution is -0.145. The Hall–Kier alpha value is -6.43. The number of fused-ring (bicyclic) bond motifs is 1. The third-order valence-electron chi connectivity index (χ3n) is 11.0. The zero-order chi connectivity index (χ0) is 47.7. The average Bonchev–Trinajstić information content (AvgIpc) is 4.06. The van der Waals surface area contributed by atoms with Gasteiger partial charge in [-0.3, -0.25) is 0 Å². The number of benzene rings is 4. The van der Waals surface area contributed by atoms with Gasteiger partial charge in [-0.25, -0.2) is 36.0 Å². The Morgan fingerprint density at radius 2 is 1.49 bits per heavy atom. The monoisotopic (exact) mass is 963 g/mol. The summed E-state index contributed by atoms with van der Waals surface area (Å²) in [7, 11) is -8.25. The lowest BCUT2D eigenvalue weighted by Gasteiger charge is -2.32. The molecule has 4 aromatic carbocycles. The zero-order valence-corrected chi connectivity index (χ0v) is 38.6. The van der Waals surface area contributed by atoms with E-state index < -0.39 is 59.6 Å². The van der Waals surface area contributed by atoms with Crippen molar-refractivity contribution >= 4 is 31.8 Å². The maximum Gasteiger partial charge on any atom is 0.453 e. The number of ether oxygens (including phenoxy) is 2. The first-order valence-corrected chi connectivity index (χ1v) is 24.1. The summed E-state index contributed by atoms with van der Waals surface area (Å²) in [6.07, 6.45) is -5.28. The number of hydrogen-bond donors (Lipinski definition) is 1. The quantitative estimate of drug-likeness (QED) is 0.139. The second-order valence-corrected chi connectivity index (χ2v) is 20.6. The molecule has 1 N–H and O–H groups in total. The highest BCUT2D eigenvalue weighted by Crippen LogP contribution is 2.42. The molecule has 0 spiro atoms. The number of carbonyl (C=O) groups excluding carboxylic acids is 1. The second-order valence-electron chi connectivity index (χ2n) is 17.1. The minimum absolute atomic E-state index is 0.00476. The van der Waals surface area contributed by atoms with Gasteiger partial charge in [-0.1, -0.05) is 72.8 Å². The number of nitrogens with one attached hydrogen (secondary N) is 1. The summed E-state index contributed by atoms with van der Waals surface area (Å²) in [5, 5.41) is 16.9. The van der Waals surface area contributed by atoms with E-state index in [1.807, 2.05) is 0 Å². The molecule has 2 aliphatic heterocycles. The molecule has 4 heterocycles. The molecule has 67 heavy (non-hydrogen) atoms. The van der Waals surface area contributed by atoms with Gasteiger partial charge in [0.15, 0.2) is 0 Å². The maximum atomic E-state index is 15.9. The lowest BCUT2D eigenvalue weighted by atomic mass is 10.1. The molecule has 2 aromatic heterocycles. The summed E-state index contributed by atoms with van der Waals surface area (Å²) >= 11 is 0. The van der Waals surface area contributed by atoms with E-state index >= 15 is 8.42 Å². The van der Waals surface area contributed by atoms with Crippen LogP contribution in [0.4, 0.5) is 23.7 Å². The summed E-state index contributed by atoms with van der Waals surface area (Å²) in [4.78, 5) is 19.6. The first-order valence-electron chi connectivity index (χ1n) is 21.2. The van der Waals surface area contributed by atoms with E-state index in [-0.39, 0.29) is 81.7 Å². The maximum absolute atomic E-state index is 15.9. The van der Waals surface area contributed by atoms with Gasteiger partial charge < -0.3 is 19.3 Å². The third kappa shape index (κ3) is 10.7. The number of hydrogen-bond acceptors (Lipinski definition) is 13. The van der Waals surface area contributed by atoms with Gasteiger partial charge in [0.05, 0.1) is 32.3 Å². The number of tetrazole rings is 1. The number of nitrogens with zero attached hydrogens (tertiary/aromatic N) is 10. The first kappa shape index (κ1) is 47.1. The second kappa shape index (κ2) is 18.7. The number of methoxy groups -OCH3 is 1. The molecular formula is C44H48F3N11O7S2. The van der Waals surface area contributed by atoms with Crippen LogP contribution < -0.4 is 14.4 Å². The fourth-order valence-electron chi connectivity index (χ4n) is 7.83. The van der Waals surface area contributed by atoms with E-state index in [2.05, 4.69) is 30.2 Å². The van der Waals surface area contributed by atoms with E-state index in [0.717, 1.165) is 20.6 Å². The van der Waals surface area contributed by atoms with Crippen LogP contribution in [0.15, 0.2) is 107 Å². The summed E-state index contributed by atoms with van der Waals surface area (Å²) < 4.78 is 119. The van der Waals surface area contributed by atoms with Crippen molar-refractivity contribution in [3.05, 3.63) is 125 Å². The van der Waals surface area contributed by atoms with Crippen molar-refractivity contribution in [3.63, 3.8) is 0 Å². The average molecular weight is 964 g/mol. The van der Waals surface area contributed by atoms with E-state index in [0.29, 0.717) is 16.9 Å². The molecule has 0 aliphatic carbocycles. The van der Waals surface area contributed by atoms with Crippen LogP contribution in [0.1, 0.15) is 55.5 Å². The fraction of sp³-hybridized carbons (Fsp3) is 0.364. The van der Waals surface area contributed by atoms with Gasteiger partial charge in [-0.2, -0.15) is 22.3 Å². The number of halogens is 3. The Morgan fingerprint density at radius 1 is 0.836 bits per heavy atom. The van der Waals surface area contributed by atoms with Crippen molar-refractivity contribution in [2.45, 2.75) is 87.5 Å². The molecule has 354 valence electrons. The normalized spacial score (nSPS) is 15.8. The molecule has 0 unspecified atom stereocenters. The van der Waals surface area contributed by atoms with E-state index in [1.54, 1.807) is 111 Å². The number of anilines is 1. The standard InChI is InChI=1S/C44H48F3N11O7S2/c1-43(2,3)65-42(59)55-22-21-33(28-55)52-66(60,61)36-20-19-35(54-23-24-57-37(29-54)48-41(51-57)44(45,46)47)38(40-49-53-58(50-40)27-32-15-17-34(64-4)18-16-32)39(36)67(62,63)56(25-30-11-7-5-8-12-30)26-31-13-9-6-10-14-31/h5-20,33,52H,21-29H2,1-4H3/t33-/m1/s1. The topological polar surface area (TPSA) is 200 Å². The molecule has 1 fully saturated rings. The molecule has 6 aromatic rings. The van der Waals surface area contributed by atoms with E-state index in [1.165, 1.54) is 22.9 Å². The van der Waals surface area contributed by atoms with Crippen molar-refractivity contribution < 1.29 is 44.3 Å². The summed E-state index contributed by atoms with van der Waals surface area (Å²) in [6.45, 7) is 4.54. The summed E-state index contributed by atoms with van der Waals surface area (Å²) in [6, 6.07) is 26.2. The summed E-state index contributed by atoms with van der Waals surface area (Å²) in [5.41, 5.74) is 0.922. The molecular weight excluding hydrogens is 916 g/mol. The van der Waals surface area contributed by atoms with Crippen LogP contribution in [-0.2, 0) is 63.7 Å². The summed E-state index contributed by atoms with van der Waals surface area (Å²) in [5.74, 6) is -1.07. The molecule has 1 saturated heterocycles. The van der Waals surface area contributed by atoms with Crippen LogP contribution in [0.3, 0.4) is 0 Å². The van der Waals surface area contributed by atoms with Crippen LogP contribution >= 0.6 is 0 Å². The minimum Gasteiger partial charge on any atom is -0.497 e. The minimum atomic E-state index is -4.97. The largest absolute Gasteiger partial charge is 0.497 e. The number of rotatable bonds is 14. The van der Waals surface area contributed by atoms with Crippen LogP contribution in [-0.4, -0.2) is 105 Å². The highest BCUT2D eigenvalue weighted by molar-refractivity contribution is 7.92. The van der Waals surface area contributed by atoms with Gasteiger partial charge in [0.25, 0.3) is 5.82 Å². The molecule has 1 atom stereocenters. The Kier molecular flexibility index (Phi) is 13.1. The van der Waals surface area contributed by atoms with Crippen LogP contribution in [0, 0.1) is 0 Å². The van der Waals surface area contributed by atoms with Crippen molar-refractivity contribution in [1.29, 1.82) is 0 Å². The fourth-order valence-corrected chi connectivity index (χ4v) is 11.5. The van der Waals surface area contributed by atoms with Crippen molar-refractivity contribution in [1.82, 2.24) is 48.9 Å². The molecule has 0 radical (unpaired) electrons. The lowest BCUT2D eigenvalue weighted by Crippen LogP contribution is -2.41. The van der Waals surface area contributed by atoms with Gasteiger partial charge >= 0.3 is 12.3 Å². The number of alkyl halides is 3. The van der Waals surface area contributed by atoms with Gasteiger partial charge in [0.1, 0.15) is 27.0 Å². The number of sulfonamides is 2. The zero-order valence-electron chi connectivity index (χ0n) is 37.0. The van der Waals surface area contributed by atoms with Gasteiger partial charge in [0, 0.05) is 44.5 Å². The van der Waals surface area contributed by atoms with Crippen molar-refractivity contribution in [2.24, 2.45) is 0 Å². The van der Waals surface area contributed by atoms with Gasteiger partial charge in [0.2, 0.25) is 25.9 Å². The number of amides is 1. The van der Waals surface area contributed by atoms with Crippen molar-refractivity contribution in [3.8, 4) is 17.1 Å². The molecule has 0 saturated carbocycles. The number of likely N-dealkylation sites (tertiary alicyclic amines) is 1. The van der Waals surface area contributed by atoms with E-state index in [4.69, 9.17) is 9.47 Å². The van der Waals surface area contributed by atoms with Gasteiger partial charge in [-0.15, -0.1) is 15.3 Å². The Balaban J connectivity index is 1.31. The predicted octanol–water partition coefficient (Wildman–Crippen LogP) is 5.71. The molecule has 18 nitrogen and oxygen atoms in total.